The Balaban J connectivity index is 2.61. The van der Waals surface area contributed by atoms with Gasteiger partial charge in [-0.2, -0.15) is 0 Å². The second-order valence-electron chi connectivity index (χ2n) is 5.99. The molecule has 0 atom stereocenters. The van der Waals surface area contributed by atoms with Gasteiger partial charge in [0, 0.05) is 37.8 Å². The molecule has 0 spiro atoms. The molecule has 0 aromatic carbocycles. The largest absolute Gasteiger partial charge is 0.468 e. The molecule has 1 aromatic rings. The van der Waals surface area contributed by atoms with Crippen molar-refractivity contribution in [3.8, 4) is 0 Å². The Bertz CT molecular complexity index is 393. The van der Waals surface area contributed by atoms with E-state index < -0.39 is 0 Å². The van der Waals surface area contributed by atoms with Gasteiger partial charge in [0.2, 0.25) is 0 Å². The molecule has 1 rings (SSSR count). The molecule has 4 nitrogen and oxygen atoms in total. The summed E-state index contributed by atoms with van der Waals surface area (Å²) >= 11 is 0. The van der Waals surface area contributed by atoms with Gasteiger partial charge >= 0.3 is 0 Å². The monoisotopic (exact) mass is 280 g/mol. The van der Waals surface area contributed by atoms with Crippen molar-refractivity contribution in [3.05, 3.63) is 36.3 Å². The van der Waals surface area contributed by atoms with Gasteiger partial charge in [-0.05, 0) is 26.8 Å². The molecule has 0 aliphatic rings. The summed E-state index contributed by atoms with van der Waals surface area (Å²) in [5.41, 5.74) is 1.32. The minimum Gasteiger partial charge on any atom is -0.468 e. The molecule has 4 heteroatoms. The smallest absolute Gasteiger partial charge is 0.122 e. The van der Waals surface area contributed by atoms with Gasteiger partial charge in [0.25, 0.3) is 0 Å². The maximum Gasteiger partial charge on any atom is 0.122 e. The van der Waals surface area contributed by atoms with Crippen molar-refractivity contribution in [3.63, 3.8) is 0 Å². The molecule has 0 radical (unpaired) electrons. The van der Waals surface area contributed by atoms with Gasteiger partial charge in [-0.3, -0.25) is 4.90 Å². The van der Waals surface area contributed by atoms with E-state index in [0.717, 1.165) is 31.9 Å². The third-order valence-electron chi connectivity index (χ3n) is 3.01. The minimum atomic E-state index is 0.103. The van der Waals surface area contributed by atoms with Crippen LogP contribution in [0.3, 0.4) is 0 Å². The topological polar surface area (TPSA) is 37.6 Å². The molecule has 0 bridgehead atoms. The van der Waals surface area contributed by atoms with Gasteiger partial charge < -0.3 is 14.5 Å². The summed E-state index contributed by atoms with van der Waals surface area (Å²) in [7, 11) is 1.72. The molecular formula is C16H28N2O2. The molecule has 0 saturated carbocycles. The highest BCUT2D eigenvalue weighted by atomic mass is 16.5. The normalized spacial score (nSPS) is 12.1. The average Bonchev–Trinajstić information content (AvgIpc) is 2.80. The number of hydrogen-bond acceptors (Lipinski definition) is 4. The van der Waals surface area contributed by atoms with Crippen LogP contribution in [0.2, 0.25) is 0 Å². The number of hydrogen-bond donors (Lipinski definition) is 1. The molecule has 0 amide bonds. The van der Waals surface area contributed by atoms with E-state index >= 15 is 0 Å². The van der Waals surface area contributed by atoms with Crippen LogP contribution < -0.4 is 5.32 Å². The van der Waals surface area contributed by atoms with Crippen molar-refractivity contribution in [2.45, 2.75) is 39.4 Å². The van der Waals surface area contributed by atoms with Crippen molar-refractivity contribution in [2.75, 3.05) is 26.8 Å². The summed E-state index contributed by atoms with van der Waals surface area (Å²) in [5, 5.41) is 3.49. The van der Waals surface area contributed by atoms with Crippen molar-refractivity contribution >= 4 is 0 Å². The summed E-state index contributed by atoms with van der Waals surface area (Å²) in [6.45, 7) is 14.3. The van der Waals surface area contributed by atoms with E-state index in [9.17, 15) is 0 Å². The van der Waals surface area contributed by atoms with E-state index in [1.54, 1.807) is 13.4 Å². The van der Waals surface area contributed by atoms with Gasteiger partial charge in [-0.15, -0.1) is 6.58 Å². The third-order valence-corrected chi connectivity index (χ3v) is 3.01. The average molecular weight is 280 g/mol. The summed E-state index contributed by atoms with van der Waals surface area (Å²) in [4.78, 5) is 2.26. The van der Waals surface area contributed by atoms with Crippen LogP contribution in [0, 0.1) is 0 Å². The predicted octanol–water partition coefficient (Wildman–Crippen LogP) is 2.80. The highest BCUT2D eigenvalue weighted by Gasteiger charge is 2.14. The van der Waals surface area contributed by atoms with Crippen molar-refractivity contribution < 1.29 is 9.15 Å². The molecular weight excluding hydrogens is 252 g/mol. The second kappa shape index (κ2) is 8.25. The highest BCUT2D eigenvalue weighted by Crippen LogP contribution is 2.14. The molecule has 0 aliphatic carbocycles. The van der Waals surface area contributed by atoms with Gasteiger partial charge in [-0.25, -0.2) is 0 Å². The lowest BCUT2D eigenvalue weighted by molar-refractivity contribution is 0.146. The van der Waals surface area contributed by atoms with E-state index in [2.05, 4.69) is 37.6 Å². The lowest BCUT2D eigenvalue weighted by Gasteiger charge is -2.22. The Labute approximate surface area is 122 Å². The fourth-order valence-electron chi connectivity index (χ4n) is 1.86. The fraction of sp³-hybridized carbons (Fsp3) is 0.625. The molecule has 0 saturated heterocycles. The first kappa shape index (κ1) is 17.0. The van der Waals surface area contributed by atoms with Crippen LogP contribution in [0.1, 0.15) is 32.1 Å². The van der Waals surface area contributed by atoms with Crippen LogP contribution in [-0.2, 0) is 17.8 Å². The number of nitrogens with one attached hydrogen (secondary N) is 1. The standard InChI is InChI=1S/C16H28N2O2/c1-6-8-18(9-11-19-5)13-15-14(7-10-20-15)12-17-16(2,3)4/h6-7,10,17H,1,8-9,11-13H2,2-5H3. The number of methoxy groups -OCH3 is 1. The third kappa shape index (κ3) is 6.37. The number of furan rings is 1. The summed E-state index contributed by atoms with van der Waals surface area (Å²) in [5.74, 6) is 1.01. The molecule has 0 unspecified atom stereocenters. The number of rotatable bonds is 9. The van der Waals surface area contributed by atoms with Crippen molar-refractivity contribution in [1.29, 1.82) is 0 Å². The molecule has 1 N–H and O–H groups in total. The molecule has 114 valence electrons. The molecule has 0 fully saturated rings. The summed E-state index contributed by atoms with van der Waals surface area (Å²) in [6.07, 6.45) is 3.67. The lowest BCUT2D eigenvalue weighted by Crippen LogP contribution is -2.35. The lowest BCUT2D eigenvalue weighted by atomic mass is 10.1. The van der Waals surface area contributed by atoms with Crippen LogP contribution in [0.4, 0.5) is 0 Å². The van der Waals surface area contributed by atoms with Crippen LogP contribution in [0.25, 0.3) is 0 Å². The van der Waals surface area contributed by atoms with Crippen LogP contribution in [-0.4, -0.2) is 37.2 Å². The Morgan fingerprint density at radius 3 is 2.80 bits per heavy atom. The van der Waals surface area contributed by atoms with Crippen molar-refractivity contribution in [1.82, 2.24) is 10.2 Å². The summed E-state index contributed by atoms with van der Waals surface area (Å²) in [6, 6.07) is 2.04. The fourth-order valence-corrected chi connectivity index (χ4v) is 1.86. The second-order valence-corrected chi connectivity index (χ2v) is 5.99. The first-order chi connectivity index (χ1) is 9.46. The maximum absolute atomic E-state index is 5.63. The maximum atomic E-state index is 5.63. The Hall–Kier alpha value is -1.10. The van der Waals surface area contributed by atoms with E-state index in [-0.39, 0.29) is 5.54 Å². The quantitative estimate of drug-likeness (QED) is 0.706. The van der Waals surface area contributed by atoms with E-state index in [0.29, 0.717) is 6.61 Å². The zero-order valence-electron chi connectivity index (χ0n) is 13.2. The summed E-state index contributed by atoms with van der Waals surface area (Å²) < 4.78 is 10.8. The first-order valence-electron chi connectivity index (χ1n) is 7.08. The SMILES string of the molecule is C=CCN(CCOC)Cc1occc1CNC(C)(C)C. The Morgan fingerprint density at radius 2 is 2.20 bits per heavy atom. The van der Waals surface area contributed by atoms with E-state index in [1.807, 2.05) is 12.1 Å². The zero-order valence-corrected chi connectivity index (χ0v) is 13.2. The highest BCUT2D eigenvalue weighted by molar-refractivity contribution is 5.17. The van der Waals surface area contributed by atoms with E-state index in [1.165, 1.54) is 5.56 Å². The molecule has 1 heterocycles. The van der Waals surface area contributed by atoms with E-state index in [4.69, 9.17) is 9.15 Å². The van der Waals surface area contributed by atoms with Crippen LogP contribution in [0.5, 0.6) is 0 Å². The number of ether oxygens (including phenoxy) is 1. The predicted molar refractivity (Wildman–Crippen MR) is 82.7 cm³/mol. The van der Waals surface area contributed by atoms with Gasteiger partial charge in [0.1, 0.15) is 5.76 Å². The molecule has 20 heavy (non-hydrogen) atoms. The number of nitrogens with zero attached hydrogens (tertiary/aromatic N) is 1. The first-order valence-corrected chi connectivity index (χ1v) is 7.08. The van der Waals surface area contributed by atoms with Gasteiger partial charge in [0.15, 0.2) is 0 Å². The van der Waals surface area contributed by atoms with Crippen LogP contribution >= 0.6 is 0 Å². The molecule has 1 aromatic heterocycles. The minimum absolute atomic E-state index is 0.103. The molecule has 0 aliphatic heterocycles. The van der Waals surface area contributed by atoms with Crippen molar-refractivity contribution in [2.24, 2.45) is 0 Å². The van der Waals surface area contributed by atoms with Gasteiger partial charge in [-0.1, -0.05) is 6.08 Å². The Kier molecular flexibility index (Phi) is 6.99. The van der Waals surface area contributed by atoms with Crippen LogP contribution in [0.15, 0.2) is 29.4 Å². The van der Waals surface area contributed by atoms with Gasteiger partial charge in [0.05, 0.1) is 19.4 Å². The Morgan fingerprint density at radius 1 is 1.45 bits per heavy atom. The zero-order chi connectivity index (χ0) is 15.0.